The molecular weight excluding hydrogens is 250 g/mol. The third-order valence-electron chi connectivity index (χ3n) is 3.27. The third kappa shape index (κ3) is 1.70. The summed E-state index contributed by atoms with van der Waals surface area (Å²) in [5, 5.41) is 18.2. The number of fused-ring (bicyclic) bond motifs is 1. The van der Waals surface area contributed by atoms with Gasteiger partial charge in [-0.05, 0) is 17.7 Å². The van der Waals surface area contributed by atoms with E-state index in [2.05, 4.69) is 22.1 Å². The molecule has 0 bridgehead atoms. The maximum atomic E-state index is 9.25. The predicted octanol–water partition coefficient (Wildman–Crippen LogP) is 1.68. The Labute approximate surface area is 115 Å². The van der Waals surface area contributed by atoms with Gasteiger partial charge in [0.05, 0.1) is 11.3 Å². The van der Waals surface area contributed by atoms with Gasteiger partial charge in [-0.1, -0.05) is 12.2 Å². The van der Waals surface area contributed by atoms with Gasteiger partial charge >= 0.3 is 0 Å². The van der Waals surface area contributed by atoms with Crippen LogP contribution in [0.1, 0.15) is 17.0 Å². The molecule has 1 aliphatic heterocycles. The van der Waals surface area contributed by atoms with E-state index in [9.17, 15) is 5.26 Å². The molecule has 0 saturated heterocycles. The van der Waals surface area contributed by atoms with Gasteiger partial charge in [-0.15, -0.1) is 0 Å². The summed E-state index contributed by atoms with van der Waals surface area (Å²) in [4.78, 5) is 8.27. The Morgan fingerprint density at radius 3 is 2.80 bits per heavy atom. The average molecular weight is 259 g/mol. The van der Waals surface area contributed by atoms with Crippen molar-refractivity contribution in [3.05, 3.63) is 64.7 Å². The molecular formula is C15H9N5. The fourth-order valence-electron chi connectivity index (χ4n) is 2.39. The molecule has 3 rings (SSSR count). The predicted molar refractivity (Wildman–Crippen MR) is 73.2 cm³/mol. The topological polar surface area (TPSA) is 98.8 Å². The van der Waals surface area contributed by atoms with Crippen molar-refractivity contribution >= 4 is 5.84 Å². The number of aromatic nitrogens is 1. The largest absolute Gasteiger partial charge is 0.383 e. The van der Waals surface area contributed by atoms with Crippen LogP contribution in [0.3, 0.4) is 0 Å². The lowest BCUT2D eigenvalue weighted by Crippen LogP contribution is -2.12. The molecule has 2 heterocycles. The number of nitrogens with two attached hydrogens (primary N) is 1. The number of pyridine rings is 1. The fraction of sp³-hybridized carbons (Fsp3) is 0.0667. The molecule has 0 aromatic carbocycles. The second-order valence-corrected chi connectivity index (χ2v) is 4.43. The first-order valence-electron chi connectivity index (χ1n) is 5.97. The normalized spacial score (nSPS) is 19.8. The Morgan fingerprint density at radius 1 is 1.20 bits per heavy atom. The Balaban J connectivity index is 2.14. The summed E-state index contributed by atoms with van der Waals surface area (Å²) in [6, 6.07) is 5.93. The van der Waals surface area contributed by atoms with Crippen LogP contribution < -0.4 is 5.73 Å². The van der Waals surface area contributed by atoms with Gasteiger partial charge in [-0.25, -0.2) is 4.99 Å². The number of amidine groups is 1. The highest BCUT2D eigenvalue weighted by Crippen LogP contribution is 2.39. The number of aliphatic imine (C=N–C) groups is 1. The minimum atomic E-state index is -0.157. The minimum absolute atomic E-state index is 0.157. The highest BCUT2D eigenvalue weighted by atomic mass is 14.9. The first-order chi connectivity index (χ1) is 9.74. The second kappa shape index (κ2) is 4.49. The molecule has 1 aliphatic carbocycles. The fourth-order valence-corrected chi connectivity index (χ4v) is 2.39. The van der Waals surface area contributed by atoms with Crippen molar-refractivity contribution in [3.8, 4) is 12.1 Å². The van der Waals surface area contributed by atoms with Gasteiger partial charge in [0.2, 0.25) is 0 Å². The number of allylic oxidation sites excluding steroid dienone is 4. The Bertz CT molecular complexity index is 796. The number of hydrogen-bond donors (Lipinski definition) is 1. The van der Waals surface area contributed by atoms with E-state index in [1.807, 2.05) is 18.2 Å². The zero-order valence-electron chi connectivity index (χ0n) is 10.4. The van der Waals surface area contributed by atoms with E-state index in [-0.39, 0.29) is 11.8 Å². The quantitative estimate of drug-likeness (QED) is 0.829. The van der Waals surface area contributed by atoms with E-state index in [1.54, 1.807) is 12.3 Å². The van der Waals surface area contributed by atoms with Crippen LogP contribution in [-0.2, 0) is 0 Å². The molecule has 0 saturated carbocycles. The SMILES string of the molecule is N#CC1=C2C(=CC=CC2c2cncc(C#N)c2)N=C1N. The molecule has 1 atom stereocenters. The molecule has 94 valence electrons. The van der Waals surface area contributed by atoms with Crippen LogP contribution in [0.4, 0.5) is 0 Å². The van der Waals surface area contributed by atoms with E-state index in [0.29, 0.717) is 16.8 Å². The average Bonchev–Trinajstić information content (AvgIpc) is 2.82. The Kier molecular flexibility index (Phi) is 2.67. The van der Waals surface area contributed by atoms with Gasteiger partial charge in [0, 0.05) is 23.9 Å². The minimum Gasteiger partial charge on any atom is -0.383 e. The molecule has 0 spiro atoms. The highest BCUT2D eigenvalue weighted by molar-refractivity contribution is 6.06. The maximum absolute atomic E-state index is 9.25. The van der Waals surface area contributed by atoms with Crippen LogP contribution in [-0.4, -0.2) is 10.8 Å². The number of rotatable bonds is 1. The van der Waals surface area contributed by atoms with Gasteiger partial charge in [-0.3, -0.25) is 4.98 Å². The van der Waals surface area contributed by atoms with Crippen molar-refractivity contribution in [1.82, 2.24) is 4.98 Å². The standard InChI is InChI=1S/C15H9N5/c16-5-9-4-10(8-19-7-9)11-2-1-3-13-14(11)12(6-17)15(18)20-13/h1-4,7-8,11H,(H2,18,20). The summed E-state index contributed by atoms with van der Waals surface area (Å²) in [7, 11) is 0. The maximum Gasteiger partial charge on any atom is 0.142 e. The van der Waals surface area contributed by atoms with Crippen molar-refractivity contribution in [2.75, 3.05) is 0 Å². The van der Waals surface area contributed by atoms with Crippen LogP contribution >= 0.6 is 0 Å². The molecule has 1 unspecified atom stereocenters. The van der Waals surface area contributed by atoms with Crippen LogP contribution in [0.15, 0.2) is 58.5 Å². The van der Waals surface area contributed by atoms with E-state index >= 15 is 0 Å². The zero-order chi connectivity index (χ0) is 14.1. The van der Waals surface area contributed by atoms with Crippen molar-refractivity contribution < 1.29 is 0 Å². The second-order valence-electron chi connectivity index (χ2n) is 4.43. The van der Waals surface area contributed by atoms with Crippen LogP contribution in [0.25, 0.3) is 0 Å². The number of hydrogen-bond acceptors (Lipinski definition) is 5. The van der Waals surface area contributed by atoms with Crippen LogP contribution in [0.5, 0.6) is 0 Å². The monoisotopic (exact) mass is 259 g/mol. The van der Waals surface area contributed by atoms with Gasteiger partial charge in [0.1, 0.15) is 23.5 Å². The lowest BCUT2D eigenvalue weighted by atomic mass is 9.84. The van der Waals surface area contributed by atoms with Gasteiger partial charge in [0.25, 0.3) is 0 Å². The third-order valence-corrected chi connectivity index (χ3v) is 3.27. The van der Waals surface area contributed by atoms with Gasteiger partial charge in [0.15, 0.2) is 0 Å². The summed E-state index contributed by atoms with van der Waals surface area (Å²) < 4.78 is 0. The molecule has 5 nitrogen and oxygen atoms in total. The van der Waals surface area contributed by atoms with Gasteiger partial charge in [-0.2, -0.15) is 10.5 Å². The Morgan fingerprint density at radius 2 is 2.05 bits per heavy atom. The molecule has 2 aliphatic rings. The smallest absolute Gasteiger partial charge is 0.142 e. The van der Waals surface area contributed by atoms with E-state index in [0.717, 1.165) is 11.1 Å². The molecule has 1 aromatic rings. The summed E-state index contributed by atoms with van der Waals surface area (Å²) >= 11 is 0. The van der Waals surface area contributed by atoms with Gasteiger partial charge < -0.3 is 5.73 Å². The van der Waals surface area contributed by atoms with E-state index in [4.69, 9.17) is 11.0 Å². The highest BCUT2D eigenvalue weighted by Gasteiger charge is 2.30. The number of nitrogens with zero attached hydrogens (tertiary/aromatic N) is 4. The summed E-state index contributed by atoms with van der Waals surface area (Å²) in [5.41, 5.74) is 8.99. The van der Waals surface area contributed by atoms with Crippen molar-refractivity contribution in [2.24, 2.45) is 10.7 Å². The van der Waals surface area contributed by atoms with E-state index in [1.165, 1.54) is 6.20 Å². The molecule has 0 radical (unpaired) electrons. The van der Waals surface area contributed by atoms with Crippen LogP contribution in [0, 0.1) is 22.7 Å². The molecule has 20 heavy (non-hydrogen) atoms. The molecule has 0 fully saturated rings. The summed E-state index contributed by atoms with van der Waals surface area (Å²) in [6.45, 7) is 0. The van der Waals surface area contributed by atoms with Crippen LogP contribution in [0.2, 0.25) is 0 Å². The molecule has 0 amide bonds. The molecule has 2 N–H and O–H groups in total. The van der Waals surface area contributed by atoms with Crippen molar-refractivity contribution in [2.45, 2.75) is 5.92 Å². The summed E-state index contributed by atoms with van der Waals surface area (Å²) in [6.07, 6.45) is 8.84. The lowest BCUT2D eigenvalue weighted by molar-refractivity contribution is 0.966. The van der Waals surface area contributed by atoms with E-state index < -0.39 is 0 Å². The molecule has 1 aromatic heterocycles. The summed E-state index contributed by atoms with van der Waals surface area (Å²) in [5.74, 6) is 0.0853. The Hall–Kier alpha value is -3.18. The molecule has 5 heteroatoms. The first-order valence-corrected chi connectivity index (χ1v) is 5.97. The van der Waals surface area contributed by atoms with Crippen molar-refractivity contribution in [1.29, 1.82) is 10.5 Å². The zero-order valence-corrected chi connectivity index (χ0v) is 10.4. The van der Waals surface area contributed by atoms with Crippen molar-refractivity contribution in [3.63, 3.8) is 0 Å². The lowest BCUT2D eigenvalue weighted by Gasteiger charge is -2.18. The first kappa shape index (κ1) is 11.9. The number of nitriles is 2.